The summed E-state index contributed by atoms with van der Waals surface area (Å²) in [7, 11) is 3.69. The van der Waals surface area contributed by atoms with Crippen molar-refractivity contribution in [3.8, 4) is 16.2 Å². The number of benzene rings is 1. The Hall–Kier alpha value is -1.32. The molecule has 2 rings (SSSR count). The molecular formula is C15H19NOS. The molecule has 0 aliphatic heterocycles. The first kappa shape index (κ1) is 13.1. The number of thiophene rings is 1. The Morgan fingerprint density at radius 3 is 2.61 bits per heavy atom. The van der Waals surface area contributed by atoms with Gasteiger partial charge in [0.1, 0.15) is 5.75 Å². The zero-order valence-corrected chi connectivity index (χ0v) is 12.1. The van der Waals surface area contributed by atoms with E-state index in [0.29, 0.717) is 0 Å². The van der Waals surface area contributed by atoms with Crippen molar-refractivity contribution in [1.29, 1.82) is 0 Å². The number of hydrogen-bond donors (Lipinski definition) is 1. The van der Waals surface area contributed by atoms with E-state index in [-0.39, 0.29) is 0 Å². The molecule has 1 aromatic heterocycles. The molecule has 96 valence electrons. The Balaban J connectivity index is 2.40. The minimum atomic E-state index is 0.929. The van der Waals surface area contributed by atoms with E-state index in [0.717, 1.165) is 12.3 Å². The third kappa shape index (κ3) is 2.57. The lowest BCUT2D eigenvalue weighted by molar-refractivity contribution is 0.411. The van der Waals surface area contributed by atoms with Crippen molar-refractivity contribution < 1.29 is 4.74 Å². The highest BCUT2D eigenvalue weighted by atomic mass is 32.1. The molecule has 0 amide bonds. The van der Waals surface area contributed by atoms with Gasteiger partial charge in [0.2, 0.25) is 0 Å². The van der Waals surface area contributed by atoms with Crippen LogP contribution in [0, 0.1) is 13.8 Å². The SMILES string of the molecule is CNCc1ccc(-c2cc(C)c(OC)cc2C)s1. The Bertz CT molecular complexity index is 545. The molecule has 0 aliphatic carbocycles. The van der Waals surface area contributed by atoms with Crippen LogP contribution in [0.1, 0.15) is 16.0 Å². The van der Waals surface area contributed by atoms with Gasteiger partial charge in [-0.25, -0.2) is 0 Å². The highest BCUT2D eigenvalue weighted by Gasteiger charge is 2.09. The smallest absolute Gasteiger partial charge is 0.122 e. The first-order chi connectivity index (χ1) is 8.65. The summed E-state index contributed by atoms with van der Waals surface area (Å²) in [4.78, 5) is 2.68. The lowest BCUT2D eigenvalue weighted by atomic mass is 10.0. The molecule has 2 aromatic rings. The lowest BCUT2D eigenvalue weighted by Crippen LogP contribution is -2.02. The van der Waals surface area contributed by atoms with Crippen LogP contribution in [0.25, 0.3) is 10.4 Å². The van der Waals surface area contributed by atoms with Gasteiger partial charge in [-0.1, -0.05) is 0 Å². The number of rotatable bonds is 4. The second kappa shape index (κ2) is 5.55. The Morgan fingerprint density at radius 2 is 1.94 bits per heavy atom. The third-order valence-electron chi connectivity index (χ3n) is 3.02. The van der Waals surface area contributed by atoms with E-state index in [2.05, 4.69) is 43.4 Å². The average Bonchev–Trinajstić information content (AvgIpc) is 2.80. The van der Waals surface area contributed by atoms with Crippen molar-refractivity contribution in [2.45, 2.75) is 20.4 Å². The quantitative estimate of drug-likeness (QED) is 0.905. The van der Waals surface area contributed by atoms with Crippen molar-refractivity contribution in [1.82, 2.24) is 5.32 Å². The van der Waals surface area contributed by atoms with Crippen molar-refractivity contribution in [3.63, 3.8) is 0 Å². The van der Waals surface area contributed by atoms with Gasteiger partial charge in [0.25, 0.3) is 0 Å². The molecule has 18 heavy (non-hydrogen) atoms. The second-order valence-corrected chi connectivity index (χ2v) is 5.60. The zero-order chi connectivity index (χ0) is 13.1. The van der Waals surface area contributed by atoms with E-state index in [1.54, 1.807) is 7.11 Å². The van der Waals surface area contributed by atoms with Gasteiger partial charge in [0, 0.05) is 16.3 Å². The Labute approximate surface area is 113 Å². The first-order valence-corrected chi connectivity index (χ1v) is 6.86. The maximum Gasteiger partial charge on any atom is 0.122 e. The van der Waals surface area contributed by atoms with E-state index < -0.39 is 0 Å². The van der Waals surface area contributed by atoms with Crippen LogP contribution in [0.3, 0.4) is 0 Å². The summed E-state index contributed by atoms with van der Waals surface area (Å²) in [5, 5.41) is 3.18. The van der Waals surface area contributed by atoms with Gasteiger partial charge < -0.3 is 10.1 Å². The van der Waals surface area contributed by atoms with E-state index >= 15 is 0 Å². The fourth-order valence-electron chi connectivity index (χ4n) is 2.07. The van der Waals surface area contributed by atoms with Gasteiger partial charge in [-0.05, 0) is 61.9 Å². The van der Waals surface area contributed by atoms with Crippen LogP contribution in [0.2, 0.25) is 0 Å². The van der Waals surface area contributed by atoms with Gasteiger partial charge in [0.15, 0.2) is 0 Å². The summed E-state index contributed by atoms with van der Waals surface area (Å²) in [6.45, 7) is 5.15. The van der Waals surface area contributed by atoms with Crippen LogP contribution >= 0.6 is 11.3 Å². The summed E-state index contributed by atoms with van der Waals surface area (Å²) < 4.78 is 5.35. The van der Waals surface area contributed by atoms with E-state index in [4.69, 9.17) is 4.74 Å². The molecule has 0 radical (unpaired) electrons. The minimum Gasteiger partial charge on any atom is -0.496 e. The maximum atomic E-state index is 5.35. The molecule has 0 unspecified atom stereocenters. The molecule has 2 nitrogen and oxygen atoms in total. The predicted molar refractivity (Wildman–Crippen MR) is 78.5 cm³/mol. The molecule has 0 bridgehead atoms. The average molecular weight is 261 g/mol. The molecule has 1 N–H and O–H groups in total. The number of methoxy groups -OCH3 is 1. The lowest BCUT2D eigenvalue weighted by Gasteiger charge is -2.10. The van der Waals surface area contributed by atoms with Crippen LogP contribution in [0.15, 0.2) is 24.3 Å². The molecule has 0 fully saturated rings. The second-order valence-electron chi connectivity index (χ2n) is 4.43. The van der Waals surface area contributed by atoms with Crippen LogP contribution in [-0.2, 0) is 6.54 Å². The number of ether oxygens (including phenoxy) is 1. The van der Waals surface area contributed by atoms with Gasteiger partial charge in [0.05, 0.1) is 7.11 Å². The predicted octanol–water partition coefficient (Wildman–Crippen LogP) is 3.76. The standard InChI is InChI=1S/C15H19NOS/c1-10-8-14(17-4)11(2)7-13(10)15-6-5-12(18-15)9-16-3/h5-8,16H,9H2,1-4H3. The summed E-state index contributed by atoms with van der Waals surface area (Å²) >= 11 is 1.84. The highest BCUT2D eigenvalue weighted by molar-refractivity contribution is 7.15. The highest BCUT2D eigenvalue weighted by Crippen LogP contribution is 2.34. The molecular weight excluding hydrogens is 242 g/mol. The third-order valence-corrected chi connectivity index (χ3v) is 4.14. The summed E-state index contributed by atoms with van der Waals surface area (Å²) in [6.07, 6.45) is 0. The Morgan fingerprint density at radius 1 is 1.17 bits per heavy atom. The fraction of sp³-hybridized carbons (Fsp3) is 0.333. The summed E-state index contributed by atoms with van der Waals surface area (Å²) in [6, 6.07) is 8.71. The van der Waals surface area contributed by atoms with Crippen molar-refractivity contribution in [2.24, 2.45) is 0 Å². The van der Waals surface area contributed by atoms with Crippen LogP contribution in [-0.4, -0.2) is 14.2 Å². The molecule has 0 aliphatic rings. The largest absolute Gasteiger partial charge is 0.496 e. The van der Waals surface area contributed by atoms with E-state index in [1.807, 2.05) is 18.4 Å². The molecule has 0 atom stereocenters. The number of hydrogen-bond acceptors (Lipinski definition) is 3. The van der Waals surface area contributed by atoms with E-state index in [9.17, 15) is 0 Å². The van der Waals surface area contributed by atoms with Crippen molar-refractivity contribution >= 4 is 11.3 Å². The Kier molecular flexibility index (Phi) is 4.04. The molecule has 1 heterocycles. The monoisotopic (exact) mass is 261 g/mol. The van der Waals surface area contributed by atoms with E-state index in [1.165, 1.54) is 26.4 Å². The molecule has 0 saturated carbocycles. The summed E-state index contributed by atoms with van der Waals surface area (Å²) in [5.74, 6) is 0.961. The fourth-order valence-corrected chi connectivity index (χ4v) is 3.17. The van der Waals surface area contributed by atoms with Gasteiger partial charge in [-0.2, -0.15) is 0 Å². The van der Waals surface area contributed by atoms with Crippen molar-refractivity contribution in [2.75, 3.05) is 14.2 Å². The molecule has 3 heteroatoms. The molecule has 0 saturated heterocycles. The van der Waals surface area contributed by atoms with Gasteiger partial charge in [-0.15, -0.1) is 11.3 Å². The molecule has 0 spiro atoms. The topological polar surface area (TPSA) is 21.3 Å². The van der Waals surface area contributed by atoms with Crippen molar-refractivity contribution in [3.05, 3.63) is 40.3 Å². The van der Waals surface area contributed by atoms with Crippen LogP contribution < -0.4 is 10.1 Å². The summed E-state index contributed by atoms with van der Waals surface area (Å²) in [5.41, 5.74) is 3.75. The number of nitrogens with one attached hydrogen (secondary N) is 1. The number of aryl methyl sites for hydroxylation is 2. The normalized spacial score (nSPS) is 10.7. The van der Waals surface area contributed by atoms with Gasteiger partial charge in [-0.3, -0.25) is 0 Å². The molecule has 1 aromatic carbocycles. The van der Waals surface area contributed by atoms with Crippen LogP contribution in [0.5, 0.6) is 5.75 Å². The minimum absolute atomic E-state index is 0.929. The maximum absolute atomic E-state index is 5.35. The first-order valence-electron chi connectivity index (χ1n) is 6.04. The zero-order valence-electron chi connectivity index (χ0n) is 11.3. The van der Waals surface area contributed by atoms with Crippen LogP contribution in [0.4, 0.5) is 0 Å². The van der Waals surface area contributed by atoms with Gasteiger partial charge >= 0.3 is 0 Å².